The van der Waals surface area contributed by atoms with Crippen LogP contribution in [0.2, 0.25) is 0 Å². The molecule has 0 saturated heterocycles. The van der Waals surface area contributed by atoms with Gasteiger partial charge >= 0.3 is 0 Å². The summed E-state index contributed by atoms with van der Waals surface area (Å²) in [6.45, 7) is 4.73. The highest BCUT2D eigenvalue weighted by Gasteiger charge is 2.31. The molecule has 2 aliphatic rings. The SMILES string of the molecule is COc1ccc2cc1Oc1cccc(OC)c1CNC(=O)C(C(C)C)NC(=O)CN(C(=O)[C@H]1Cc3ccccc3CN1)CCCCNC2=O. The Morgan fingerprint density at radius 3 is 2.41 bits per heavy atom. The van der Waals surface area contributed by atoms with E-state index in [2.05, 4.69) is 21.3 Å². The topological polar surface area (TPSA) is 147 Å². The molecule has 4 N–H and O–H groups in total. The number of rotatable bonds is 4. The molecular weight excluding hydrogens is 626 g/mol. The van der Waals surface area contributed by atoms with Crippen LogP contribution < -0.4 is 35.5 Å². The number of fused-ring (bicyclic) bond motifs is 4. The van der Waals surface area contributed by atoms with Crippen LogP contribution in [0.15, 0.2) is 60.7 Å². The number of amides is 4. The van der Waals surface area contributed by atoms with E-state index in [1.807, 2.05) is 38.1 Å². The van der Waals surface area contributed by atoms with Crippen molar-refractivity contribution in [1.29, 1.82) is 0 Å². The molecule has 2 heterocycles. The number of nitrogens with one attached hydrogen (secondary N) is 4. The first-order valence-corrected chi connectivity index (χ1v) is 16.6. The fourth-order valence-corrected chi connectivity index (χ4v) is 6.08. The second-order valence-electron chi connectivity index (χ2n) is 12.5. The van der Waals surface area contributed by atoms with Gasteiger partial charge in [-0.05, 0) is 66.6 Å². The number of carbonyl (C=O) groups is 4. The number of ether oxygens (including phenoxy) is 3. The summed E-state index contributed by atoms with van der Waals surface area (Å²) in [5.74, 6) is 0.0431. The van der Waals surface area contributed by atoms with Gasteiger partial charge in [-0.15, -0.1) is 0 Å². The highest BCUT2D eigenvalue weighted by molar-refractivity contribution is 5.95. The Balaban J connectivity index is 1.42. The van der Waals surface area contributed by atoms with Gasteiger partial charge in [0, 0.05) is 25.2 Å². The Kier molecular flexibility index (Phi) is 11.7. The monoisotopic (exact) mass is 671 g/mol. The van der Waals surface area contributed by atoms with Gasteiger partial charge in [0.25, 0.3) is 5.91 Å². The Hall–Kier alpha value is -5.10. The predicted molar refractivity (Wildman–Crippen MR) is 184 cm³/mol. The Morgan fingerprint density at radius 2 is 1.65 bits per heavy atom. The smallest absolute Gasteiger partial charge is 0.251 e. The maximum atomic E-state index is 13.9. The second kappa shape index (κ2) is 16.3. The minimum absolute atomic E-state index is 0.0270. The fourth-order valence-electron chi connectivity index (χ4n) is 6.08. The van der Waals surface area contributed by atoms with Gasteiger partial charge in [-0.1, -0.05) is 44.2 Å². The van der Waals surface area contributed by atoms with Crippen LogP contribution in [0.4, 0.5) is 0 Å². The van der Waals surface area contributed by atoms with Crippen LogP contribution in [0.25, 0.3) is 0 Å². The zero-order valence-corrected chi connectivity index (χ0v) is 28.5. The standard InChI is InChI=1S/C37H45N5O7/c1-23(2)34-36(45)40-21-27-29(47-3)12-9-13-30(27)49-32-19-25(14-15-31(32)48-4)35(44)38-16-7-8-17-42(22-33(43)41-34)37(46)28-18-24-10-5-6-11-26(24)20-39-28/h5-6,9-15,19,23,28,34,39H,7-8,16-18,20-22H2,1-4H3,(H,38,44)(H,40,45)(H,41,43)/t28-,34?/m1/s1. The minimum atomic E-state index is -0.860. The van der Waals surface area contributed by atoms with Crippen LogP contribution in [0.3, 0.4) is 0 Å². The van der Waals surface area contributed by atoms with E-state index in [1.54, 1.807) is 41.3 Å². The number of carbonyl (C=O) groups excluding carboxylic acids is 4. The molecule has 0 aromatic heterocycles. The van der Waals surface area contributed by atoms with Crippen molar-refractivity contribution < 1.29 is 33.4 Å². The molecule has 3 aromatic rings. The number of hydrogen-bond acceptors (Lipinski definition) is 8. The molecule has 2 atom stereocenters. The molecule has 49 heavy (non-hydrogen) atoms. The molecule has 0 radical (unpaired) electrons. The van der Waals surface area contributed by atoms with Crippen LogP contribution in [-0.2, 0) is 33.9 Å². The average molecular weight is 672 g/mol. The van der Waals surface area contributed by atoms with Gasteiger partial charge in [-0.2, -0.15) is 0 Å². The summed E-state index contributed by atoms with van der Waals surface area (Å²) in [5, 5.41) is 12.1. The molecule has 0 spiro atoms. The number of benzene rings is 3. The summed E-state index contributed by atoms with van der Waals surface area (Å²) >= 11 is 0. The summed E-state index contributed by atoms with van der Waals surface area (Å²) in [7, 11) is 3.03. The van der Waals surface area contributed by atoms with Gasteiger partial charge in [0.1, 0.15) is 17.5 Å². The van der Waals surface area contributed by atoms with Crippen LogP contribution in [-0.4, -0.2) is 74.5 Å². The van der Waals surface area contributed by atoms with Crippen molar-refractivity contribution in [2.24, 2.45) is 5.92 Å². The summed E-state index contributed by atoms with van der Waals surface area (Å²) in [4.78, 5) is 55.6. The zero-order chi connectivity index (χ0) is 34.9. The summed E-state index contributed by atoms with van der Waals surface area (Å²) in [6.07, 6.45) is 1.63. The predicted octanol–water partition coefficient (Wildman–Crippen LogP) is 3.32. The van der Waals surface area contributed by atoms with E-state index < -0.39 is 23.9 Å². The quantitative estimate of drug-likeness (QED) is 0.331. The second-order valence-corrected chi connectivity index (χ2v) is 12.5. The summed E-state index contributed by atoms with van der Waals surface area (Å²) in [6, 6.07) is 16.8. The van der Waals surface area contributed by atoms with E-state index in [1.165, 1.54) is 14.2 Å². The van der Waals surface area contributed by atoms with E-state index >= 15 is 0 Å². The first-order chi connectivity index (χ1) is 23.7. The molecule has 2 aliphatic heterocycles. The lowest BCUT2D eigenvalue weighted by Crippen LogP contribution is -2.55. The van der Waals surface area contributed by atoms with Crippen molar-refractivity contribution in [3.63, 3.8) is 0 Å². The average Bonchev–Trinajstić information content (AvgIpc) is 3.11. The summed E-state index contributed by atoms with van der Waals surface area (Å²) in [5.41, 5.74) is 3.17. The van der Waals surface area contributed by atoms with Crippen molar-refractivity contribution >= 4 is 23.6 Å². The first kappa shape index (κ1) is 35.2. The van der Waals surface area contributed by atoms with Crippen LogP contribution >= 0.6 is 0 Å². The van der Waals surface area contributed by atoms with Crippen LogP contribution in [0.5, 0.6) is 23.0 Å². The highest BCUT2D eigenvalue weighted by atomic mass is 16.5. The van der Waals surface area contributed by atoms with Crippen molar-refractivity contribution in [3.8, 4) is 23.0 Å². The number of nitrogens with zero attached hydrogens (tertiary/aromatic N) is 1. The van der Waals surface area contributed by atoms with Crippen LogP contribution in [0.1, 0.15) is 53.7 Å². The normalized spacial score (nSPS) is 19.3. The molecule has 5 rings (SSSR count). The van der Waals surface area contributed by atoms with Gasteiger partial charge in [0.2, 0.25) is 17.7 Å². The Labute approximate surface area is 286 Å². The maximum Gasteiger partial charge on any atom is 0.251 e. The van der Waals surface area contributed by atoms with E-state index in [-0.39, 0.29) is 30.8 Å². The number of hydrogen-bond donors (Lipinski definition) is 4. The lowest BCUT2D eigenvalue weighted by atomic mass is 9.95. The third kappa shape index (κ3) is 8.69. The Bertz CT molecular complexity index is 1680. The molecule has 4 amide bonds. The molecule has 2 bridgehead atoms. The van der Waals surface area contributed by atoms with Gasteiger partial charge in [-0.3, -0.25) is 19.2 Å². The van der Waals surface area contributed by atoms with Gasteiger partial charge < -0.3 is 40.4 Å². The van der Waals surface area contributed by atoms with Crippen LogP contribution in [0, 0.1) is 5.92 Å². The van der Waals surface area contributed by atoms with Gasteiger partial charge in [0.15, 0.2) is 11.5 Å². The van der Waals surface area contributed by atoms with E-state index in [9.17, 15) is 19.2 Å². The fraction of sp³-hybridized carbons (Fsp3) is 0.405. The van der Waals surface area contributed by atoms with Gasteiger partial charge in [-0.25, -0.2) is 0 Å². The highest BCUT2D eigenvalue weighted by Crippen LogP contribution is 2.37. The van der Waals surface area contributed by atoms with E-state index in [0.29, 0.717) is 73.0 Å². The molecule has 3 aromatic carbocycles. The molecule has 12 nitrogen and oxygen atoms in total. The van der Waals surface area contributed by atoms with E-state index in [0.717, 1.165) is 11.1 Å². The summed E-state index contributed by atoms with van der Waals surface area (Å²) < 4.78 is 17.4. The third-order valence-electron chi connectivity index (χ3n) is 8.83. The largest absolute Gasteiger partial charge is 0.496 e. The third-order valence-corrected chi connectivity index (χ3v) is 8.83. The molecule has 260 valence electrons. The van der Waals surface area contributed by atoms with Crippen molar-refractivity contribution in [2.75, 3.05) is 33.9 Å². The van der Waals surface area contributed by atoms with Crippen molar-refractivity contribution in [1.82, 2.24) is 26.2 Å². The lowest BCUT2D eigenvalue weighted by Gasteiger charge is -2.31. The van der Waals surface area contributed by atoms with Crippen molar-refractivity contribution in [3.05, 3.63) is 82.9 Å². The maximum absolute atomic E-state index is 13.9. The minimum Gasteiger partial charge on any atom is -0.496 e. The molecule has 0 saturated carbocycles. The van der Waals surface area contributed by atoms with Crippen molar-refractivity contribution in [2.45, 2.75) is 58.3 Å². The molecule has 0 aliphatic carbocycles. The Morgan fingerprint density at radius 1 is 0.878 bits per heavy atom. The first-order valence-electron chi connectivity index (χ1n) is 16.6. The lowest BCUT2D eigenvalue weighted by molar-refractivity contribution is -0.139. The molecule has 12 heteroatoms. The molecule has 1 unspecified atom stereocenters. The van der Waals surface area contributed by atoms with E-state index in [4.69, 9.17) is 14.2 Å². The number of methoxy groups -OCH3 is 2. The van der Waals surface area contributed by atoms with Gasteiger partial charge in [0.05, 0.1) is 38.9 Å². The molecular formula is C37H45N5O7. The zero-order valence-electron chi connectivity index (χ0n) is 28.5. The molecule has 0 fully saturated rings.